The van der Waals surface area contributed by atoms with Crippen LogP contribution in [0.4, 0.5) is 0 Å². The fraction of sp³-hybridized carbons (Fsp3) is 0.417. The van der Waals surface area contributed by atoms with Gasteiger partial charge in [-0.3, -0.25) is 4.99 Å². The summed E-state index contributed by atoms with van der Waals surface area (Å²) in [7, 11) is 0. The maximum Gasteiger partial charge on any atom is 0.189 e. The zero-order valence-corrected chi connectivity index (χ0v) is 9.46. The van der Waals surface area contributed by atoms with Gasteiger partial charge in [-0.2, -0.15) is 0 Å². The highest BCUT2D eigenvalue weighted by Gasteiger charge is 2.31. The molecular weight excluding hydrogens is 186 g/mol. The van der Waals surface area contributed by atoms with E-state index in [0.29, 0.717) is 12.5 Å². The molecular formula is C12H17N3. The Bertz CT molecular complexity index is 423. The third-order valence-corrected chi connectivity index (χ3v) is 3.11. The highest BCUT2D eigenvalue weighted by molar-refractivity contribution is 5.81. The molecule has 3 heteroatoms. The second-order valence-corrected chi connectivity index (χ2v) is 4.46. The Morgan fingerprint density at radius 1 is 1.33 bits per heavy atom. The molecule has 0 bridgehead atoms. The summed E-state index contributed by atoms with van der Waals surface area (Å²) in [6, 6.07) is 6.49. The SMILES string of the molecule is Cc1ccc(C2(C)CN=C(N)N2)cc1C. The number of nitrogens with two attached hydrogens (primary N) is 1. The van der Waals surface area contributed by atoms with Gasteiger partial charge >= 0.3 is 0 Å². The largest absolute Gasteiger partial charge is 0.370 e. The van der Waals surface area contributed by atoms with Gasteiger partial charge in [-0.25, -0.2) is 0 Å². The van der Waals surface area contributed by atoms with Crippen LogP contribution in [0.25, 0.3) is 0 Å². The Morgan fingerprint density at radius 2 is 2.07 bits per heavy atom. The maximum atomic E-state index is 5.65. The number of nitrogens with one attached hydrogen (secondary N) is 1. The summed E-state index contributed by atoms with van der Waals surface area (Å²) in [5, 5.41) is 3.22. The van der Waals surface area contributed by atoms with Gasteiger partial charge in [0.2, 0.25) is 0 Å². The van der Waals surface area contributed by atoms with E-state index < -0.39 is 0 Å². The minimum absolute atomic E-state index is 0.136. The van der Waals surface area contributed by atoms with Crippen LogP contribution >= 0.6 is 0 Å². The molecule has 0 aromatic heterocycles. The van der Waals surface area contributed by atoms with Gasteiger partial charge in [0.25, 0.3) is 0 Å². The van der Waals surface area contributed by atoms with Crippen LogP contribution in [0.3, 0.4) is 0 Å². The van der Waals surface area contributed by atoms with Crippen LogP contribution in [0.5, 0.6) is 0 Å². The molecule has 3 nitrogen and oxygen atoms in total. The standard InChI is InChI=1S/C12H17N3/c1-8-4-5-10(6-9(8)2)12(3)7-14-11(13)15-12/h4-6H,7H2,1-3H3,(H3,13,14,15). The highest BCUT2D eigenvalue weighted by Crippen LogP contribution is 2.25. The molecule has 15 heavy (non-hydrogen) atoms. The third kappa shape index (κ3) is 1.69. The van der Waals surface area contributed by atoms with Crippen molar-refractivity contribution in [3.63, 3.8) is 0 Å². The molecule has 0 amide bonds. The van der Waals surface area contributed by atoms with Gasteiger partial charge in [0.05, 0.1) is 12.1 Å². The smallest absolute Gasteiger partial charge is 0.189 e. The van der Waals surface area contributed by atoms with Crippen LogP contribution < -0.4 is 11.1 Å². The second kappa shape index (κ2) is 3.26. The van der Waals surface area contributed by atoms with Crippen LogP contribution in [0.2, 0.25) is 0 Å². The zero-order valence-electron chi connectivity index (χ0n) is 9.46. The summed E-state index contributed by atoms with van der Waals surface area (Å²) >= 11 is 0. The van der Waals surface area contributed by atoms with Gasteiger partial charge in [0.1, 0.15) is 0 Å². The first-order valence-electron chi connectivity index (χ1n) is 5.17. The Balaban J connectivity index is 2.34. The predicted octanol–water partition coefficient (Wildman–Crippen LogP) is 1.44. The Hall–Kier alpha value is -1.51. The molecule has 0 saturated heterocycles. The average molecular weight is 203 g/mol. The minimum Gasteiger partial charge on any atom is -0.370 e. The van der Waals surface area contributed by atoms with E-state index in [1.54, 1.807) is 0 Å². The van der Waals surface area contributed by atoms with Gasteiger partial charge in [-0.15, -0.1) is 0 Å². The van der Waals surface area contributed by atoms with Crippen molar-refractivity contribution in [3.05, 3.63) is 34.9 Å². The lowest BCUT2D eigenvalue weighted by molar-refractivity contribution is 0.479. The fourth-order valence-electron chi connectivity index (χ4n) is 1.85. The topological polar surface area (TPSA) is 50.4 Å². The molecule has 80 valence electrons. The summed E-state index contributed by atoms with van der Waals surface area (Å²) in [6.07, 6.45) is 0. The van der Waals surface area contributed by atoms with Gasteiger partial charge in [0.15, 0.2) is 5.96 Å². The van der Waals surface area contributed by atoms with Crippen LogP contribution in [0.1, 0.15) is 23.6 Å². The Morgan fingerprint density at radius 3 is 2.60 bits per heavy atom. The van der Waals surface area contributed by atoms with Crippen molar-refractivity contribution in [1.29, 1.82) is 0 Å². The average Bonchev–Trinajstić information content (AvgIpc) is 2.52. The summed E-state index contributed by atoms with van der Waals surface area (Å²) < 4.78 is 0. The molecule has 2 rings (SSSR count). The zero-order chi connectivity index (χ0) is 11.1. The lowest BCUT2D eigenvalue weighted by atomic mass is 9.90. The monoisotopic (exact) mass is 203 g/mol. The van der Waals surface area contributed by atoms with E-state index in [0.717, 1.165) is 0 Å². The van der Waals surface area contributed by atoms with Crippen LogP contribution in [0, 0.1) is 13.8 Å². The van der Waals surface area contributed by atoms with Crippen molar-refractivity contribution in [2.24, 2.45) is 10.7 Å². The molecule has 1 atom stereocenters. The molecule has 1 aromatic rings. The number of hydrogen-bond acceptors (Lipinski definition) is 3. The molecule has 0 fully saturated rings. The van der Waals surface area contributed by atoms with E-state index in [9.17, 15) is 0 Å². The Labute approximate surface area is 90.4 Å². The van der Waals surface area contributed by atoms with Crippen LogP contribution in [-0.2, 0) is 5.54 Å². The van der Waals surface area contributed by atoms with Crippen LogP contribution in [0.15, 0.2) is 23.2 Å². The third-order valence-electron chi connectivity index (χ3n) is 3.11. The van der Waals surface area contributed by atoms with Crippen molar-refractivity contribution in [2.45, 2.75) is 26.3 Å². The quantitative estimate of drug-likeness (QED) is 0.725. The van der Waals surface area contributed by atoms with E-state index in [1.165, 1.54) is 16.7 Å². The fourth-order valence-corrected chi connectivity index (χ4v) is 1.85. The van der Waals surface area contributed by atoms with Gasteiger partial charge < -0.3 is 11.1 Å². The second-order valence-electron chi connectivity index (χ2n) is 4.46. The number of rotatable bonds is 1. The molecule has 1 heterocycles. The van der Waals surface area contributed by atoms with Gasteiger partial charge in [0, 0.05) is 0 Å². The van der Waals surface area contributed by atoms with E-state index in [-0.39, 0.29) is 5.54 Å². The predicted molar refractivity (Wildman–Crippen MR) is 62.9 cm³/mol. The highest BCUT2D eigenvalue weighted by atomic mass is 15.2. The first kappa shape index (κ1) is 10.0. The van der Waals surface area contributed by atoms with Crippen molar-refractivity contribution in [3.8, 4) is 0 Å². The number of guanidine groups is 1. The van der Waals surface area contributed by atoms with Crippen molar-refractivity contribution >= 4 is 5.96 Å². The number of nitrogens with zero attached hydrogens (tertiary/aromatic N) is 1. The Kier molecular flexibility index (Phi) is 2.18. The molecule has 1 aliphatic rings. The van der Waals surface area contributed by atoms with E-state index in [2.05, 4.69) is 49.3 Å². The summed E-state index contributed by atoms with van der Waals surface area (Å²) in [6.45, 7) is 7.08. The molecule has 0 saturated carbocycles. The number of aryl methyl sites for hydroxylation is 2. The molecule has 0 spiro atoms. The molecule has 3 N–H and O–H groups in total. The summed E-state index contributed by atoms with van der Waals surface area (Å²) in [5.74, 6) is 0.538. The molecule has 1 aromatic carbocycles. The number of benzene rings is 1. The van der Waals surface area contributed by atoms with Gasteiger partial charge in [-0.05, 0) is 37.5 Å². The number of hydrogen-bond donors (Lipinski definition) is 2. The number of aliphatic imine (C=N–C) groups is 1. The molecule has 0 radical (unpaired) electrons. The minimum atomic E-state index is -0.136. The maximum absolute atomic E-state index is 5.65. The van der Waals surface area contributed by atoms with Crippen molar-refractivity contribution in [1.82, 2.24) is 5.32 Å². The lowest BCUT2D eigenvalue weighted by Gasteiger charge is -2.25. The van der Waals surface area contributed by atoms with E-state index in [1.807, 2.05) is 0 Å². The van der Waals surface area contributed by atoms with Crippen molar-refractivity contribution < 1.29 is 0 Å². The first-order chi connectivity index (χ1) is 7.01. The van der Waals surface area contributed by atoms with E-state index in [4.69, 9.17) is 5.73 Å². The summed E-state index contributed by atoms with van der Waals surface area (Å²) in [5.41, 5.74) is 9.38. The summed E-state index contributed by atoms with van der Waals surface area (Å²) in [4.78, 5) is 4.20. The van der Waals surface area contributed by atoms with Crippen molar-refractivity contribution in [2.75, 3.05) is 6.54 Å². The van der Waals surface area contributed by atoms with E-state index >= 15 is 0 Å². The molecule has 1 aliphatic heterocycles. The first-order valence-corrected chi connectivity index (χ1v) is 5.17. The molecule has 0 aliphatic carbocycles. The molecule has 1 unspecified atom stereocenters. The lowest BCUT2D eigenvalue weighted by Crippen LogP contribution is -2.43. The normalized spacial score (nSPS) is 24.9. The van der Waals surface area contributed by atoms with Gasteiger partial charge in [-0.1, -0.05) is 18.2 Å². The van der Waals surface area contributed by atoms with Crippen LogP contribution in [-0.4, -0.2) is 12.5 Å².